The third kappa shape index (κ3) is 2.45. The van der Waals surface area contributed by atoms with Crippen molar-refractivity contribution in [3.8, 4) is 5.69 Å². The zero-order chi connectivity index (χ0) is 23.8. The molecule has 3 heteroatoms. The molecule has 0 aliphatic rings. The molecule has 2 N–H and O–H groups in total. The third-order valence-corrected chi connectivity index (χ3v) is 7.72. The predicted molar refractivity (Wildman–Crippen MR) is 153 cm³/mol. The van der Waals surface area contributed by atoms with Crippen LogP contribution in [0.3, 0.4) is 0 Å². The van der Waals surface area contributed by atoms with Gasteiger partial charge in [0, 0.05) is 38.0 Å². The van der Waals surface area contributed by atoms with Gasteiger partial charge in [0.1, 0.15) is 0 Å². The average molecular weight is 462 g/mol. The molecule has 0 saturated heterocycles. The maximum atomic E-state index is 6.54. The molecule has 3 nitrogen and oxygen atoms in total. The minimum absolute atomic E-state index is 0.407. The maximum absolute atomic E-state index is 6.54. The van der Waals surface area contributed by atoms with Gasteiger partial charge in [0.2, 0.25) is 0 Å². The fraction of sp³-hybridized carbons (Fsp3) is 0.0303. The number of fused-ring (bicyclic) bond motifs is 11. The Morgan fingerprint density at radius 2 is 0.917 bits per heavy atom. The highest BCUT2D eigenvalue weighted by Crippen LogP contribution is 2.43. The van der Waals surface area contributed by atoms with E-state index in [4.69, 9.17) is 5.73 Å². The fourth-order valence-corrected chi connectivity index (χ4v) is 6.23. The number of hydrogen-bond acceptors (Lipinski definition) is 1. The van der Waals surface area contributed by atoms with Gasteiger partial charge in [0.15, 0.2) is 0 Å². The Morgan fingerprint density at radius 3 is 1.58 bits per heavy atom. The number of nitrogens with two attached hydrogens (primary N) is 1. The van der Waals surface area contributed by atoms with E-state index in [1.54, 1.807) is 0 Å². The van der Waals surface area contributed by atoms with Gasteiger partial charge in [-0.15, -0.1) is 0 Å². The van der Waals surface area contributed by atoms with Gasteiger partial charge in [-0.05, 0) is 22.9 Å². The molecule has 0 atom stereocenters. The molecule has 0 aliphatic carbocycles. The molecule has 0 aliphatic heterocycles. The van der Waals surface area contributed by atoms with Gasteiger partial charge in [-0.25, -0.2) is 0 Å². The van der Waals surface area contributed by atoms with E-state index in [-0.39, 0.29) is 0 Å². The first kappa shape index (κ1) is 19.7. The second-order valence-electron chi connectivity index (χ2n) is 9.51. The van der Waals surface area contributed by atoms with Gasteiger partial charge in [0.25, 0.3) is 0 Å². The third-order valence-electron chi connectivity index (χ3n) is 7.72. The summed E-state index contributed by atoms with van der Waals surface area (Å²) in [7, 11) is 0. The lowest BCUT2D eigenvalue weighted by molar-refractivity contribution is 0.793. The second-order valence-corrected chi connectivity index (χ2v) is 9.51. The van der Waals surface area contributed by atoms with Gasteiger partial charge in [-0.2, -0.15) is 0 Å². The highest BCUT2D eigenvalue weighted by atomic mass is 15.1. The van der Waals surface area contributed by atoms with Crippen LogP contribution in [0, 0.1) is 0 Å². The molecule has 0 radical (unpaired) electrons. The van der Waals surface area contributed by atoms with Crippen molar-refractivity contribution in [3.63, 3.8) is 0 Å². The molecule has 2 heterocycles. The Bertz CT molecular complexity index is 2130. The van der Waals surface area contributed by atoms with Crippen molar-refractivity contribution in [2.45, 2.75) is 6.67 Å². The summed E-state index contributed by atoms with van der Waals surface area (Å²) < 4.78 is 4.76. The van der Waals surface area contributed by atoms with Crippen LogP contribution in [-0.2, 0) is 6.67 Å². The summed E-state index contributed by atoms with van der Waals surface area (Å²) in [4.78, 5) is 0. The van der Waals surface area contributed by atoms with Crippen LogP contribution in [0.15, 0.2) is 115 Å². The SMILES string of the molecule is NCn1c2c3ccccc3ccc2c2ccc3c4ccc5ccccc5c4n(-c4ccccc4)c3c21. The Balaban J connectivity index is 1.71. The fourth-order valence-electron chi connectivity index (χ4n) is 6.23. The van der Waals surface area contributed by atoms with E-state index in [2.05, 4.69) is 124 Å². The minimum Gasteiger partial charge on any atom is -0.325 e. The molecular weight excluding hydrogens is 438 g/mol. The zero-order valence-corrected chi connectivity index (χ0v) is 19.6. The normalized spacial score (nSPS) is 12.1. The highest BCUT2D eigenvalue weighted by molar-refractivity contribution is 6.28. The van der Waals surface area contributed by atoms with Gasteiger partial charge < -0.3 is 14.9 Å². The van der Waals surface area contributed by atoms with Crippen molar-refractivity contribution >= 4 is 65.2 Å². The molecule has 0 spiro atoms. The van der Waals surface area contributed by atoms with Crippen molar-refractivity contribution < 1.29 is 0 Å². The van der Waals surface area contributed by atoms with Crippen LogP contribution < -0.4 is 5.73 Å². The van der Waals surface area contributed by atoms with Gasteiger partial charge in [-0.3, -0.25) is 0 Å². The zero-order valence-electron chi connectivity index (χ0n) is 19.6. The largest absolute Gasteiger partial charge is 0.325 e. The quantitative estimate of drug-likeness (QED) is 0.277. The molecular formula is C33H23N3. The molecule has 2 aromatic heterocycles. The number of aromatic nitrogens is 2. The van der Waals surface area contributed by atoms with Crippen LogP contribution in [0.25, 0.3) is 70.8 Å². The van der Waals surface area contributed by atoms with Crippen LogP contribution >= 0.6 is 0 Å². The van der Waals surface area contributed by atoms with Crippen molar-refractivity contribution in [1.82, 2.24) is 9.13 Å². The lowest BCUT2D eigenvalue weighted by Gasteiger charge is -2.12. The molecule has 8 aromatic rings. The first-order valence-corrected chi connectivity index (χ1v) is 12.4. The Labute approximate surface area is 207 Å². The van der Waals surface area contributed by atoms with Crippen LogP contribution in [0.1, 0.15) is 0 Å². The molecule has 36 heavy (non-hydrogen) atoms. The van der Waals surface area contributed by atoms with E-state index < -0.39 is 0 Å². The molecule has 0 amide bonds. The highest BCUT2D eigenvalue weighted by Gasteiger charge is 2.21. The number of benzene rings is 6. The van der Waals surface area contributed by atoms with Crippen molar-refractivity contribution in [2.24, 2.45) is 5.73 Å². The monoisotopic (exact) mass is 461 g/mol. The number of rotatable bonds is 2. The first-order chi connectivity index (χ1) is 17.8. The van der Waals surface area contributed by atoms with E-state index in [1.807, 2.05) is 0 Å². The van der Waals surface area contributed by atoms with E-state index >= 15 is 0 Å². The summed E-state index contributed by atoms with van der Waals surface area (Å²) in [5, 5.41) is 9.94. The molecule has 170 valence electrons. The number of nitrogens with zero attached hydrogens (tertiary/aromatic N) is 2. The predicted octanol–water partition coefficient (Wildman–Crippen LogP) is 8.11. The van der Waals surface area contributed by atoms with Crippen molar-refractivity contribution in [3.05, 3.63) is 115 Å². The summed E-state index contributed by atoms with van der Waals surface area (Å²) in [6.07, 6.45) is 0. The lowest BCUT2D eigenvalue weighted by atomic mass is 10.0. The van der Waals surface area contributed by atoms with E-state index in [1.165, 1.54) is 65.2 Å². The molecule has 0 unspecified atom stereocenters. The van der Waals surface area contributed by atoms with Crippen LogP contribution in [0.2, 0.25) is 0 Å². The number of hydrogen-bond donors (Lipinski definition) is 1. The maximum Gasteiger partial charge on any atom is 0.0785 e. The van der Waals surface area contributed by atoms with Crippen LogP contribution in [-0.4, -0.2) is 9.13 Å². The molecule has 0 saturated carbocycles. The number of para-hydroxylation sites is 1. The van der Waals surface area contributed by atoms with Crippen LogP contribution in [0.4, 0.5) is 0 Å². The van der Waals surface area contributed by atoms with Gasteiger partial charge in [0.05, 0.1) is 28.7 Å². The van der Waals surface area contributed by atoms with Crippen molar-refractivity contribution in [2.75, 3.05) is 0 Å². The minimum atomic E-state index is 0.407. The Morgan fingerprint density at radius 1 is 0.417 bits per heavy atom. The topological polar surface area (TPSA) is 35.9 Å². The summed E-state index contributed by atoms with van der Waals surface area (Å²) in [6.45, 7) is 0.407. The first-order valence-electron chi connectivity index (χ1n) is 12.4. The summed E-state index contributed by atoms with van der Waals surface area (Å²) in [6, 6.07) is 41.5. The molecule has 0 bridgehead atoms. The molecule has 8 rings (SSSR count). The second kappa shape index (κ2) is 7.20. The molecule has 0 fully saturated rings. The van der Waals surface area contributed by atoms with Crippen molar-refractivity contribution in [1.29, 1.82) is 0 Å². The standard InChI is InChI=1S/C33H23N3/c34-20-35-30-24-12-6-4-8-21(24)14-16-26(30)28-18-19-29-27-17-15-22-9-5-7-13-25(22)31(27)36(33(29)32(28)35)23-10-2-1-3-11-23/h1-19H,20,34H2. The summed E-state index contributed by atoms with van der Waals surface area (Å²) in [5.41, 5.74) is 12.5. The van der Waals surface area contributed by atoms with Gasteiger partial charge >= 0.3 is 0 Å². The Hall–Kier alpha value is -4.60. The summed E-state index contributed by atoms with van der Waals surface area (Å²) in [5.74, 6) is 0. The van der Waals surface area contributed by atoms with E-state index in [0.29, 0.717) is 6.67 Å². The summed E-state index contributed by atoms with van der Waals surface area (Å²) >= 11 is 0. The Kier molecular flexibility index (Phi) is 3.94. The lowest BCUT2D eigenvalue weighted by Crippen LogP contribution is -2.07. The van der Waals surface area contributed by atoms with E-state index in [0.717, 1.165) is 5.69 Å². The molecule has 6 aromatic carbocycles. The smallest absolute Gasteiger partial charge is 0.0785 e. The van der Waals surface area contributed by atoms with Crippen LogP contribution in [0.5, 0.6) is 0 Å². The average Bonchev–Trinajstić information content (AvgIpc) is 3.46. The van der Waals surface area contributed by atoms with Gasteiger partial charge in [-0.1, -0.05) is 103 Å². The van der Waals surface area contributed by atoms with E-state index in [9.17, 15) is 0 Å².